The highest BCUT2D eigenvalue weighted by Gasteiger charge is 2.42. The van der Waals surface area contributed by atoms with Crippen LogP contribution in [0.4, 0.5) is 10.1 Å². The van der Waals surface area contributed by atoms with Gasteiger partial charge < -0.3 is 11.1 Å². The van der Waals surface area contributed by atoms with Crippen LogP contribution >= 0.6 is 12.2 Å². The minimum absolute atomic E-state index is 0.212. The van der Waals surface area contributed by atoms with Crippen molar-refractivity contribution in [2.45, 2.75) is 39.0 Å². The van der Waals surface area contributed by atoms with Gasteiger partial charge in [-0.3, -0.25) is 4.79 Å². The molecule has 0 heterocycles. The van der Waals surface area contributed by atoms with Gasteiger partial charge >= 0.3 is 0 Å². The number of aryl methyl sites for hydroxylation is 1. The number of halogens is 1. The molecule has 3 nitrogen and oxygen atoms in total. The zero-order chi connectivity index (χ0) is 14.8. The zero-order valence-electron chi connectivity index (χ0n) is 11.5. The maximum Gasteiger partial charge on any atom is 0.237 e. The Morgan fingerprint density at radius 2 is 2.00 bits per heavy atom. The first-order chi connectivity index (χ1) is 9.47. The Balaban J connectivity index is 2.28. The topological polar surface area (TPSA) is 55.1 Å². The van der Waals surface area contributed by atoms with Gasteiger partial charge in [0.2, 0.25) is 5.91 Å². The van der Waals surface area contributed by atoms with Crippen molar-refractivity contribution in [3.05, 3.63) is 29.6 Å². The van der Waals surface area contributed by atoms with Gasteiger partial charge in [0, 0.05) is 0 Å². The van der Waals surface area contributed by atoms with Crippen molar-refractivity contribution < 1.29 is 9.18 Å². The molecule has 1 amide bonds. The van der Waals surface area contributed by atoms with Gasteiger partial charge in [0.05, 0.1) is 16.1 Å². The largest absolute Gasteiger partial charge is 0.392 e. The maximum absolute atomic E-state index is 13.8. The van der Waals surface area contributed by atoms with Gasteiger partial charge in [-0.1, -0.05) is 43.6 Å². The molecule has 20 heavy (non-hydrogen) atoms. The molecule has 5 heteroatoms. The minimum atomic E-state index is -0.831. The van der Waals surface area contributed by atoms with Gasteiger partial charge in [-0.25, -0.2) is 4.39 Å². The van der Waals surface area contributed by atoms with E-state index < -0.39 is 11.2 Å². The molecule has 1 saturated carbocycles. The van der Waals surface area contributed by atoms with E-state index in [1.807, 2.05) is 0 Å². The monoisotopic (exact) mass is 294 g/mol. The fraction of sp³-hybridized carbons (Fsp3) is 0.467. The van der Waals surface area contributed by atoms with Crippen molar-refractivity contribution in [1.82, 2.24) is 0 Å². The molecule has 1 fully saturated rings. The third kappa shape index (κ3) is 2.68. The molecule has 0 bridgehead atoms. The van der Waals surface area contributed by atoms with Crippen LogP contribution in [0.1, 0.15) is 37.7 Å². The van der Waals surface area contributed by atoms with Crippen molar-refractivity contribution in [3.63, 3.8) is 0 Å². The van der Waals surface area contributed by atoms with Gasteiger partial charge in [0.25, 0.3) is 0 Å². The number of nitrogens with one attached hydrogen (secondary N) is 1. The molecule has 0 unspecified atom stereocenters. The minimum Gasteiger partial charge on any atom is -0.392 e. The molecule has 108 valence electrons. The number of para-hydroxylation sites is 1. The van der Waals surface area contributed by atoms with Gasteiger partial charge in [-0.15, -0.1) is 0 Å². The Labute approximate surface area is 123 Å². The number of rotatable bonds is 3. The first-order valence-corrected chi connectivity index (χ1v) is 7.25. The average Bonchev–Trinajstić information content (AvgIpc) is 2.43. The quantitative estimate of drug-likeness (QED) is 0.841. The number of nitrogens with two attached hydrogens (primary N) is 1. The van der Waals surface area contributed by atoms with Gasteiger partial charge in [-0.2, -0.15) is 0 Å². The van der Waals surface area contributed by atoms with Crippen molar-refractivity contribution in [2.24, 2.45) is 11.1 Å². The summed E-state index contributed by atoms with van der Waals surface area (Å²) >= 11 is 5.11. The molecule has 0 aromatic heterocycles. The Hall–Kier alpha value is -1.49. The van der Waals surface area contributed by atoms with Crippen LogP contribution in [-0.4, -0.2) is 10.9 Å². The predicted octanol–water partition coefficient (Wildman–Crippen LogP) is 3.31. The first-order valence-electron chi connectivity index (χ1n) is 6.84. The summed E-state index contributed by atoms with van der Waals surface area (Å²) in [7, 11) is 0. The number of benzene rings is 1. The van der Waals surface area contributed by atoms with E-state index in [0.717, 1.165) is 19.3 Å². The highest BCUT2D eigenvalue weighted by Crippen LogP contribution is 2.38. The van der Waals surface area contributed by atoms with Crippen molar-refractivity contribution >= 4 is 28.8 Å². The summed E-state index contributed by atoms with van der Waals surface area (Å²) in [6.07, 6.45) is 4.20. The highest BCUT2D eigenvalue weighted by atomic mass is 32.1. The molecule has 1 aromatic rings. The zero-order valence-corrected chi connectivity index (χ0v) is 12.4. The Bertz CT molecular complexity index is 518. The average molecular weight is 294 g/mol. The summed E-state index contributed by atoms with van der Waals surface area (Å²) < 4.78 is 13.8. The second-order valence-corrected chi connectivity index (χ2v) is 5.83. The lowest BCUT2D eigenvalue weighted by atomic mass is 9.73. The summed E-state index contributed by atoms with van der Waals surface area (Å²) in [5.41, 5.74) is 5.89. The van der Waals surface area contributed by atoms with E-state index >= 15 is 0 Å². The maximum atomic E-state index is 13.8. The fourth-order valence-electron chi connectivity index (χ4n) is 2.76. The lowest BCUT2D eigenvalue weighted by Gasteiger charge is -2.34. The predicted molar refractivity (Wildman–Crippen MR) is 82.1 cm³/mol. The molecule has 2 rings (SSSR count). The molecule has 1 aliphatic carbocycles. The van der Waals surface area contributed by atoms with Crippen LogP contribution in [0.25, 0.3) is 0 Å². The molecule has 0 aliphatic heterocycles. The Morgan fingerprint density at radius 3 is 2.55 bits per heavy atom. The van der Waals surface area contributed by atoms with Crippen LogP contribution in [0.5, 0.6) is 0 Å². The number of carbonyl (C=O) groups is 1. The smallest absolute Gasteiger partial charge is 0.237 e. The SMILES string of the molecule is Cc1cccc(F)c1NC(=O)C1(C(N)=S)CCCCC1. The number of amides is 1. The number of anilines is 1. The number of hydrogen-bond donors (Lipinski definition) is 2. The lowest BCUT2D eigenvalue weighted by Crippen LogP contribution is -2.47. The summed E-state index contributed by atoms with van der Waals surface area (Å²) in [5.74, 6) is -0.717. The van der Waals surface area contributed by atoms with E-state index in [1.165, 1.54) is 6.07 Å². The van der Waals surface area contributed by atoms with Crippen molar-refractivity contribution in [2.75, 3.05) is 5.32 Å². The number of thiocarbonyl (C=S) groups is 1. The van der Waals surface area contributed by atoms with E-state index in [9.17, 15) is 9.18 Å². The van der Waals surface area contributed by atoms with Crippen LogP contribution in [0.2, 0.25) is 0 Å². The molecule has 0 spiro atoms. The third-order valence-electron chi connectivity index (χ3n) is 4.07. The summed E-state index contributed by atoms with van der Waals surface area (Å²) in [5, 5.41) is 2.69. The first kappa shape index (κ1) is 14.9. The van der Waals surface area contributed by atoms with E-state index in [0.29, 0.717) is 18.4 Å². The van der Waals surface area contributed by atoms with Gasteiger partial charge in [-0.05, 0) is 31.4 Å². The molecular weight excluding hydrogens is 275 g/mol. The summed E-state index contributed by atoms with van der Waals surface area (Å²) in [4.78, 5) is 12.8. The van der Waals surface area contributed by atoms with Crippen LogP contribution in [0.15, 0.2) is 18.2 Å². The lowest BCUT2D eigenvalue weighted by molar-refractivity contribution is -0.123. The molecule has 0 radical (unpaired) electrons. The van der Waals surface area contributed by atoms with Gasteiger partial charge in [0.15, 0.2) is 0 Å². The Kier molecular flexibility index (Phi) is 4.38. The molecule has 0 atom stereocenters. The van der Waals surface area contributed by atoms with E-state index in [1.54, 1.807) is 19.1 Å². The standard InChI is InChI=1S/C15H19FN2OS/c1-10-6-5-7-11(16)12(10)18-14(19)15(13(17)20)8-3-2-4-9-15/h5-7H,2-4,8-9H2,1H3,(H2,17,20)(H,18,19). The second-order valence-electron chi connectivity index (χ2n) is 5.39. The fourth-order valence-corrected chi connectivity index (χ4v) is 3.06. The summed E-state index contributed by atoms with van der Waals surface area (Å²) in [6.45, 7) is 1.76. The number of carbonyl (C=O) groups excluding carboxylic acids is 1. The molecule has 1 aromatic carbocycles. The highest BCUT2D eigenvalue weighted by molar-refractivity contribution is 7.80. The Morgan fingerprint density at radius 1 is 1.35 bits per heavy atom. The summed E-state index contributed by atoms with van der Waals surface area (Å²) in [6, 6.07) is 4.70. The van der Waals surface area contributed by atoms with Crippen molar-refractivity contribution in [1.29, 1.82) is 0 Å². The molecule has 3 N–H and O–H groups in total. The van der Waals surface area contributed by atoms with Crippen molar-refractivity contribution in [3.8, 4) is 0 Å². The van der Waals surface area contributed by atoms with Crippen LogP contribution in [-0.2, 0) is 4.79 Å². The van der Waals surface area contributed by atoms with E-state index in [2.05, 4.69) is 5.32 Å². The van der Waals surface area contributed by atoms with Gasteiger partial charge in [0.1, 0.15) is 5.82 Å². The molecule has 0 saturated heterocycles. The van der Waals surface area contributed by atoms with Crippen LogP contribution in [0.3, 0.4) is 0 Å². The number of hydrogen-bond acceptors (Lipinski definition) is 2. The van der Waals surface area contributed by atoms with E-state index in [4.69, 9.17) is 18.0 Å². The third-order valence-corrected chi connectivity index (χ3v) is 4.46. The van der Waals surface area contributed by atoms with Crippen LogP contribution < -0.4 is 11.1 Å². The van der Waals surface area contributed by atoms with E-state index in [-0.39, 0.29) is 16.6 Å². The molecule has 1 aliphatic rings. The molecular formula is C15H19FN2OS. The van der Waals surface area contributed by atoms with Crippen LogP contribution in [0, 0.1) is 18.2 Å². The normalized spacial score (nSPS) is 17.5. The second kappa shape index (κ2) is 5.87.